The third-order valence-corrected chi connectivity index (χ3v) is 7.02. The fraction of sp³-hybridized carbons (Fsp3) is 0.440. The Balaban J connectivity index is 1.32. The summed E-state index contributed by atoms with van der Waals surface area (Å²) in [5.41, 5.74) is 1.36. The highest BCUT2D eigenvalue weighted by molar-refractivity contribution is 6.31. The number of anilines is 1. The van der Waals surface area contributed by atoms with Crippen molar-refractivity contribution in [2.45, 2.75) is 24.8 Å². The average Bonchev–Trinajstić information content (AvgIpc) is 3.32. The van der Waals surface area contributed by atoms with Crippen LogP contribution in [0.5, 0.6) is 5.75 Å². The van der Waals surface area contributed by atoms with E-state index in [9.17, 15) is 9.59 Å². The van der Waals surface area contributed by atoms with E-state index >= 15 is 0 Å². The molecule has 2 saturated heterocycles. The Bertz CT molecular complexity index is 968. The number of hydrogen-bond acceptors (Lipinski definition) is 5. The quantitative estimate of drug-likeness (QED) is 0.579. The number of methoxy groups -OCH3 is 1. The predicted molar refractivity (Wildman–Crippen MR) is 130 cm³/mol. The zero-order valence-electron chi connectivity index (χ0n) is 18.9. The minimum Gasteiger partial charge on any atom is -0.497 e. The minimum absolute atomic E-state index is 0.0577. The third-order valence-electron chi connectivity index (χ3n) is 6.79. The zero-order valence-corrected chi connectivity index (χ0v) is 19.7. The molecule has 0 spiro atoms. The largest absolute Gasteiger partial charge is 0.497 e. The Morgan fingerprint density at radius 3 is 2.58 bits per heavy atom. The number of hydrogen-bond donors (Lipinski definition) is 3. The van der Waals surface area contributed by atoms with Crippen LogP contribution in [0.3, 0.4) is 0 Å². The van der Waals surface area contributed by atoms with Gasteiger partial charge < -0.3 is 25.6 Å². The van der Waals surface area contributed by atoms with Crippen LogP contribution in [-0.4, -0.2) is 57.2 Å². The monoisotopic (exact) mass is 470 g/mol. The van der Waals surface area contributed by atoms with Gasteiger partial charge in [-0.2, -0.15) is 0 Å². The molecule has 3 N–H and O–H groups in total. The summed E-state index contributed by atoms with van der Waals surface area (Å²) in [5, 5.41) is 9.90. The Kier molecular flexibility index (Phi) is 7.40. The van der Waals surface area contributed by atoms with Gasteiger partial charge in [0.25, 0.3) is 5.91 Å². The Hall–Kier alpha value is -2.77. The van der Waals surface area contributed by atoms with Crippen molar-refractivity contribution >= 4 is 29.1 Å². The second-order valence-corrected chi connectivity index (χ2v) is 9.22. The average molecular weight is 471 g/mol. The fourth-order valence-electron chi connectivity index (χ4n) is 4.97. The molecule has 2 amide bonds. The van der Waals surface area contributed by atoms with Gasteiger partial charge in [-0.1, -0.05) is 17.7 Å². The van der Waals surface area contributed by atoms with Crippen LogP contribution in [0.1, 0.15) is 29.6 Å². The van der Waals surface area contributed by atoms with E-state index in [-0.39, 0.29) is 23.9 Å². The lowest BCUT2D eigenvalue weighted by atomic mass is 9.76. The van der Waals surface area contributed by atoms with Gasteiger partial charge in [0, 0.05) is 35.9 Å². The molecule has 2 fully saturated rings. The van der Waals surface area contributed by atoms with Crippen molar-refractivity contribution in [3.8, 4) is 5.75 Å². The smallest absolute Gasteiger partial charge is 0.251 e. The number of ether oxygens (including phenoxy) is 1. The molecule has 2 aliphatic rings. The summed E-state index contributed by atoms with van der Waals surface area (Å²) >= 11 is 5.96. The first-order chi connectivity index (χ1) is 16.0. The molecule has 7 nitrogen and oxygen atoms in total. The van der Waals surface area contributed by atoms with Gasteiger partial charge >= 0.3 is 0 Å². The topological polar surface area (TPSA) is 82.7 Å². The van der Waals surface area contributed by atoms with Crippen LogP contribution in [0.2, 0.25) is 5.02 Å². The maximum Gasteiger partial charge on any atom is 0.251 e. The molecule has 2 aromatic carbocycles. The van der Waals surface area contributed by atoms with Crippen molar-refractivity contribution in [1.29, 1.82) is 0 Å². The van der Waals surface area contributed by atoms with E-state index in [1.807, 2.05) is 12.1 Å². The standard InChI is InChI=1S/C25H31ClN4O3/c1-33-22-7-5-21(6-8-22)30-13-9-19(10-14-30)25(11-12-27-17-25)29-23(31)16-28-24(32)18-3-2-4-20(26)15-18/h2-8,15,19,27H,9-14,16-17H2,1H3,(H,28,32)(H,29,31)/t25-/m0/s1. The lowest BCUT2D eigenvalue weighted by molar-refractivity contribution is -0.122. The number of carbonyl (C=O) groups is 2. The maximum absolute atomic E-state index is 12.8. The molecule has 1 atom stereocenters. The van der Waals surface area contributed by atoms with Gasteiger partial charge in [-0.3, -0.25) is 9.59 Å². The van der Waals surface area contributed by atoms with E-state index < -0.39 is 0 Å². The Labute approximate surface area is 199 Å². The van der Waals surface area contributed by atoms with Gasteiger partial charge in [-0.25, -0.2) is 0 Å². The minimum atomic E-state index is -0.306. The molecule has 0 aromatic heterocycles. The summed E-state index contributed by atoms with van der Waals surface area (Å²) in [7, 11) is 1.67. The van der Waals surface area contributed by atoms with Crippen LogP contribution < -0.4 is 25.6 Å². The maximum atomic E-state index is 12.8. The highest BCUT2D eigenvalue weighted by atomic mass is 35.5. The van der Waals surface area contributed by atoms with Gasteiger partial charge in [0.2, 0.25) is 5.91 Å². The molecule has 0 unspecified atom stereocenters. The molecule has 2 aromatic rings. The van der Waals surface area contributed by atoms with Crippen LogP contribution >= 0.6 is 11.6 Å². The van der Waals surface area contributed by atoms with Crippen LogP contribution in [0, 0.1) is 5.92 Å². The summed E-state index contributed by atoms with van der Waals surface area (Å²) in [4.78, 5) is 27.5. The number of carbonyl (C=O) groups excluding carboxylic acids is 2. The third kappa shape index (κ3) is 5.60. The molecule has 0 radical (unpaired) electrons. The van der Waals surface area contributed by atoms with Crippen molar-refractivity contribution in [3.63, 3.8) is 0 Å². The lowest BCUT2D eigenvalue weighted by Gasteiger charge is -2.43. The highest BCUT2D eigenvalue weighted by Crippen LogP contribution is 2.34. The van der Waals surface area contributed by atoms with E-state index in [2.05, 4.69) is 33.0 Å². The molecule has 2 aliphatic heterocycles. The summed E-state index contributed by atoms with van der Waals surface area (Å²) in [5.74, 6) is 0.773. The normalized spacial score (nSPS) is 21.0. The number of halogens is 1. The first-order valence-corrected chi connectivity index (χ1v) is 11.8. The van der Waals surface area contributed by atoms with Gasteiger partial charge in [-0.15, -0.1) is 0 Å². The van der Waals surface area contributed by atoms with E-state index in [0.29, 0.717) is 16.5 Å². The molecule has 33 heavy (non-hydrogen) atoms. The summed E-state index contributed by atoms with van der Waals surface area (Å²) in [6.07, 6.45) is 2.90. The van der Waals surface area contributed by atoms with Crippen molar-refractivity contribution in [1.82, 2.24) is 16.0 Å². The molecular formula is C25H31ClN4O3. The van der Waals surface area contributed by atoms with E-state index in [1.54, 1.807) is 31.4 Å². The second-order valence-electron chi connectivity index (χ2n) is 8.78. The van der Waals surface area contributed by atoms with E-state index in [4.69, 9.17) is 16.3 Å². The molecule has 2 heterocycles. The number of amides is 2. The van der Waals surface area contributed by atoms with Crippen molar-refractivity contribution < 1.29 is 14.3 Å². The second kappa shape index (κ2) is 10.4. The summed E-state index contributed by atoms with van der Waals surface area (Å²) in [6, 6.07) is 14.9. The van der Waals surface area contributed by atoms with Crippen LogP contribution in [0.4, 0.5) is 5.69 Å². The molecule has 0 bridgehead atoms. The number of piperidine rings is 1. The van der Waals surface area contributed by atoms with Crippen LogP contribution in [0.15, 0.2) is 48.5 Å². The molecule has 0 aliphatic carbocycles. The molecule has 4 rings (SSSR count). The number of nitrogens with zero attached hydrogens (tertiary/aromatic N) is 1. The van der Waals surface area contributed by atoms with Gasteiger partial charge in [0.1, 0.15) is 5.75 Å². The van der Waals surface area contributed by atoms with Crippen molar-refractivity contribution in [2.24, 2.45) is 5.92 Å². The number of benzene rings is 2. The van der Waals surface area contributed by atoms with Crippen LogP contribution in [-0.2, 0) is 4.79 Å². The van der Waals surface area contributed by atoms with E-state index in [1.165, 1.54) is 5.69 Å². The highest BCUT2D eigenvalue weighted by Gasteiger charge is 2.43. The number of rotatable bonds is 7. The molecule has 176 valence electrons. The Morgan fingerprint density at radius 1 is 1.18 bits per heavy atom. The first-order valence-electron chi connectivity index (χ1n) is 11.4. The van der Waals surface area contributed by atoms with Crippen molar-refractivity contribution in [2.75, 3.05) is 44.7 Å². The van der Waals surface area contributed by atoms with E-state index in [0.717, 1.165) is 51.2 Å². The number of nitrogens with one attached hydrogen (secondary N) is 3. The SMILES string of the molecule is COc1ccc(N2CCC([C@]3(NC(=O)CNC(=O)c4cccc(Cl)c4)CCNC3)CC2)cc1. The predicted octanol–water partition coefficient (Wildman–Crippen LogP) is 2.84. The van der Waals surface area contributed by atoms with Gasteiger partial charge in [0.15, 0.2) is 0 Å². The Morgan fingerprint density at radius 2 is 1.94 bits per heavy atom. The zero-order chi connectivity index (χ0) is 23.3. The summed E-state index contributed by atoms with van der Waals surface area (Å²) in [6.45, 7) is 3.47. The first kappa shape index (κ1) is 23.4. The fourth-order valence-corrected chi connectivity index (χ4v) is 5.16. The van der Waals surface area contributed by atoms with Gasteiger partial charge in [-0.05, 0) is 74.2 Å². The lowest BCUT2D eigenvalue weighted by Crippen LogP contribution is -2.59. The summed E-state index contributed by atoms with van der Waals surface area (Å²) < 4.78 is 5.26. The molecular weight excluding hydrogens is 440 g/mol. The van der Waals surface area contributed by atoms with Crippen molar-refractivity contribution in [3.05, 3.63) is 59.1 Å². The van der Waals surface area contributed by atoms with Gasteiger partial charge in [0.05, 0.1) is 19.2 Å². The molecule has 0 saturated carbocycles. The molecule has 8 heteroatoms. The van der Waals surface area contributed by atoms with Crippen LogP contribution in [0.25, 0.3) is 0 Å².